The monoisotopic (exact) mass is 240 g/mol. The number of nitrogens with zero attached hydrogens (tertiary/aromatic N) is 1. The fourth-order valence-corrected chi connectivity index (χ4v) is 2.12. The average Bonchev–Trinajstić information content (AvgIpc) is 2.27. The predicted octanol–water partition coefficient (Wildman–Crippen LogP) is 3.44. The second-order valence-electron chi connectivity index (χ2n) is 4.07. The molecule has 0 radical (unpaired) electrons. The second-order valence-corrected chi connectivity index (χ2v) is 4.48. The van der Waals surface area contributed by atoms with E-state index in [1.54, 1.807) is 12.1 Å². The van der Waals surface area contributed by atoms with Crippen LogP contribution in [0.5, 0.6) is 0 Å². The van der Waals surface area contributed by atoms with Crippen molar-refractivity contribution in [2.45, 2.75) is 25.8 Å². The Bertz CT molecular complexity index is 406. The summed E-state index contributed by atoms with van der Waals surface area (Å²) >= 11 is 5.72. The summed E-state index contributed by atoms with van der Waals surface area (Å²) < 4.78 is 13.0. The number of piperidine rings is 1. The molecule has 1 aromatic carbocycles. The van der Waals surface area contributed by atoms with Gasteiger partial charge in [0.25, 0.3) is 0 Å². The SMILES string of the molecule is N=C1CCCCN1Cc1ccc(F)c(Cl)c1. The maximum atomic E-state index is 13.0. The Kier molecular flexibility index (Phi) is 3.44. The highest BCUT2D eigenvalue weighted by Crippen LogP contribution is 2.19. The molecule has 1 N–H and O–H groups in total. The van der Waals surface area contributed by atoms with Gasteiger partial charge in [0, 0.05) is 19.5 Å². The van der Waals surface area contributed by atoms with E-state index in [0.717, 1.165) is 31.4 Å². The second kappa shape index (κ2) is 4.83. The van der Waals surface area contributed by atoms with Crippen molar-refractivity contribution < 1.29 is 4.39 Å². The minimum Gasteiger partial charge on any atom is -0.356 e. The first kappa shape index (κ1) is 11.4. The van der Waals surface area contributed by atoms with Gasteiger partial charge in [-0.05, 0) is 30.5 Å². The fourth-order valence-electron chi connectivity index (χ4n) is 1.92. The first-order valence-electron chi connectivity index (χ1n) is 5.43. The van der Waals surface area contributed by atoms with Gasteiger partial charge in [-0.1, -0.05) is 17.7 Å². The largest absolute Gasteiger partial charge is 0.356 e. The molecule has 2 rings (SSSR count). The molecule has 0 aliphatic carbocycles. The molecule has 0 amide bonds. The van der Waals surface area contributed by atoms with Crippen LogP contribution >= 0.6 is 11.6 Å². The van der Waals surface area contributed by atoms with E-state index in [0.29, 0.717) is 12.4 Å². The lowest BCUT2D eigenvalue weighted by molar-refractivity contribution is 0.361. The predicted molar refractivity (Wildman–Crippen MR) is 63.4 cm³/mol. The van der Waals surface area contributed by atoms with Crippen molar-refractivity contribution in [1.29, 1.82) is 5.41 Å². The van der Waals surface area contributed by atoms with E-state index in [-0.39, 0.29) is 10.8 Å². The van der Waals surface area contributed by atoms with Crippen LogP contribution in [0.1, 0.15) is 24.8 Å². The van der Waals surface area contributed by atoms with Crippen molar-refractivity contribution in [2.24, 2.45) is 0 Å². The molecule has 0 atom stereocenters. The van der Waals surface area contributed by atoms with Crippen LogP contribution in [0.15, 0.2) is 18.2 Å². The van der Waals surface area contributed by atoms with Crippen LogP contribution in [-0.4, -0.2) is 17.3 Å². The van der Waals surface area contributed by atoms with E-state index in [4.69, 9.17) is 17.0 Å². The number of rotatable bonds is 2. The fraction of sp³-hybridized carbons (Fsp3) is 0.417. The third kappa shape index (κ3) is 2.53. The number of amidine groups is 1. The maximum absolute atomic E-state index is 13.0. The summed E-state index contributed by atoms with van der Waals surface area (Å²) in [5.74, 6) is 0.283. The van der Waals surface area contributed by atoms with Gasteiger partial charge in [-0.25, -0.2) is 4.39 Å². The van der Waals surface area contributed by atoms with Gasteiger partial charge in [-0.2, -0.15) is 0 Å². The van der Waals surface area contributed by atoms with E-state index in [1.807, 2.05) is 4.90 Å². The number of hydrogen-bond acceptors (Lipinski definition) is 1. The Morgan fingerprint density at radius 2 is 2.19 bits per heavy atom. The Hall–Kier alpha value is -1.09. The highest BCUT2D eigenvalue weighted by molar-refractivity contribution is 6.30. The van der Waals surface area contributed by atoms with Crippen LogP contribution in [-0.2, 0) is 6.54 Å². The van der Waals surface area contributed by atoms with Gasteiger partial charge in [0.05, 0.1) is 10.9 Å². The molecule has 0 unspecified atom stereocenters. The summed E-state index contributed by atoms with van der Waals surface area (Å²) in [6.07, 6.45) is 3.06. The molecule has 4 heteroatoms. The van der Waals surface area contributed by atoms with E-state index in [1.165, 1.54) is 6.07 Å². The van der Waals surface area contributed by atoms with E-state index in [2.05, 4.69) is 0 Å². The smallest absolute Gasteiger partial charge is 0.141 e. The van der Waals surface area contributed by atoms with Gasteiger partial charge < -0.3 is 4.90 Å². The topological polar surface area (TPSA) is 27.1 Å². The first-order valence-corrected chi connectivity index (χ1v) is 5.81. The first-order chi connectivity index (χ1) is 7.66. The van der Waals surface area contributed by atoms with Gasteiger partial charge in [-0.15, -0.1) is 0 Å². The summed E-state index contributed by atoms with van der Waals surface area (Å²) in [6.45, 7) is 1.56. The number of nitrogens with one attached hydrogen (secondary N) is 1. The van der Waals surface area contributed by atoms with Crippen LogP contribution in [0.2, 0.25) is 5.02 Å². The molecule has 0 spiro atoms. The van der Waals surface area contributed by atoms with E-state index < -0.39 is 0 Å². The van der Waals surface area contributed by atoms with Gasteiger partial charge in [0.2, 0.25) is 0 Å². The maximum Gasteiger partial charge on any atom is 0.141 e. The third-order valence-corrected chi connectivity index (χ3v) is 3.12. The minimum absolute atomic E-state index is 0.154. The van der Waals surface area contributed by atoms with Crippen LogP contribution in [0, 0.1) is 11.2 Å². The molecule has 1 heterocycles. The highest BCUT2D eigenvalue weighted by atomic mass is 35.5. The van der Waals surface area contributed by atoms with Gasteiger partial charge in [0.1, 0.15) is 5.82 Å². The summed E-state index contributed by atoms with van der Waals surface area (Å²) in [4.78, 5) is 2.02. The van der Waals surface area contributed by atoms with Crippen LogP contribution in [0.4, 0.5) is 4.39 Å². The quantitative estimate of drug-likeness (QED) is 0.842. The standard InChI is InChI=1S/C12H14ClFN2/c13-10-7-9(4-5-11(10)14)8-16-6-2-1-3-12(16)15/h4-5,7,15H,1-3,6,8H2. The molecule has 1 aliphatic rings. The Morgan fingerprint density at radius 1 is 1.38 bits per heavy atom. The Morgan fingerprint density at radius 3 is 2.88 bits per heavy atom. The summed E-state index contributed by atoms with van der Waals surface area (Å²) in [5.41, 5.74) is 0.957. The lowest BCUT2D eigenvalue weighted by atomic mass is 10.1. The molecule has 1 aliphatic heterocycles. The molecule has 1 fully saturated rings. The van der Waals surface area contributed by atoms with Gasteiger partial charge >= 0.3 is 0 Å². The Balaban J connectivity index is 2.08. The molecule has 2 nitrogen and oxygen atoms in total. The van der Waals surface area contributed by atoms with Crippen LogP contribution in [0.3, 0.4) is 0 Å². The van der Waals surface area contributed by atoms with Crippen molar-refractivity contribution in [1.82, 2.24) is 4.90 Å². The number of halogens is 2. The molecule has 1 saturated heterocycles. The third-order valence-electron chi connectivity index (χ3n) is 2.83. The normalized spacial score (nSPS) is 16.6. The lowest BCUT2D eigenvalue weighted by Gasteiger charge is -2.29. The van der Waals surface area contributed by atoms with E-state index >= 15 is 0 Å². The molecule has 16 heavy (non-hydrogen) atoms. The zero-order valence-corrected chi connectivity index (χ0v) is 9.73. The molecule has 0 bridgehead atoms. The van der Waals surface area contributed by atoms with Crippen molar-refractivity contribution in [3.8, 4) is 0 Å². The zero-order chi connectivity index (χ0) is 11.5. The van der Waals surface area contributed by atoms with Crippen LogP contribution < -0.4 is 0 Å². The summed E-state index contributed by atoms with van der Waals surface area (Å²) in [7, 11) is 0. The Labute approximate surface area is 99.5 Å². The lowest BCUT2D eigenvalue weighted by Crippen LogP contribution is -2.34. The van der Waals surface area contributed by atoms with Gasteiger partial charge in [-0.3, -0.25) is 5.41 Å². The van der Waals surface area contributed by atoms with Crippen molar-refractivity contribution in [3.05, 3.63) is 34.6 Å². The van der Waals surface area contributed by atoms with Crippen molar-refractivity contribution in [2.75, 3.05) is 6.54 Å². The highest BCUT2D eigenvalue weighted by Gasteiger charge is 2.15. The molecule has 86 valence electrons. The molecule has 0 aromatic heterocycles. The number of benzene rings is 1. The molecular formula is C12H14ClFN2. The zero-order valence-electron chi connectivity index (χ0n) is 8.97. The number of likely N-dealkylation sites (tertiary alicyclic amines) is 1. The van der Waals surface area contributed by atoms with Gasteiger partial charge in [0.15, 0.2) is 0 Å². The minimum atomic E-state index is -0.390. The van der Waals surface area contributed by atoms with Crippen LogP contribution in [0.25, 0.3) is 0 Å². The molecular weight excluding hydrogens is 227 g/mol. The van der Waals surface area contributed by atoms with E-state index in [9.17, 15) is 4.39 Å². The molecule has 1 aromatic rings. The average molecular weight is 241 g/mol. The summed E-state index contributed by atoms with van der Waals surface area (Å²) in [6, 6.07) is 4.74. The summed E-state index contributed by atoms with van der Waals surface area (Å²) in [5, 5.41) is 7.96. The number of hydrogen-bond donors (Lipinski definition) is 1. The molecule has 0 saturated carbocycles. The van der Waals surface area contributed by atoms with Crippen molar-refractivity contribution >= 4 is 17.4 Å². The van der Waals surface area contributed by atoms with Crippen molar-refractivity contribution in [3.63, 3.8) is 0 Å².